The highest BCUT2D eigenvalue weighted by atomic mass is 16.4. The first-order chi connectivity index (χ1) is 7.93. The average Bonchev–Trinajstić information content (AvgIpc) is 2.28. The number of hydrogen-bond donors (Lipinski definition) is 4. The van der Waals surface area contributed by atoms with Gasteiger partial charge in [0, 0.05) is 5.69 Å². The Kier molecular flexibility index (Phi) is 3.78. The van der Waals surface area contributed by atoms with Crippen LogP contribution in [0, 0.1) is 0 Å². The maximum absolute atomic E-state index is 11.0. The lowest BCUT2D eigenvalue weighted by atomic mass is 10.1. The van der Waals surface area contributed by atoms with Gasteiger partial charge in [0.1, 0.15) is 0 Å². The second-order valence-electron chi connectivity index (χ2n) is 3.16. The first-order valence-corrected chi connectivity index (χ1v) is 4.55. The second kappa shape index (κ2) is 5.08. The highest BCUT2D eigenvalue weighted by molar-refractivity contribution is 5.98. The summed E-state index contributed by atoms with van der Waals surface area (Å²) in [4.78, 5) is 32.5. The third-order valence-electron chi connectivity index (χ3n) is 1.90. The van der Waals surface area contributed by atoms with Crippen molar-refractivity contribution in [3.8, 4) is 0 Å². The van der Waals surface area contributed by atoms with E-state index in [0.717, 1.165) is 18.2 Å². The lowest BCUT2D eigenvalue weighted by Crippen LogP contribution is -2.22. The van der Waals surface area contributed by atoms with Crippen LogP contribution in [-0.4, -0.2) is 34.6 Å². The molecular formula is C10H10N2O5. The number of nitrogens with two attached hydrogens (primary N) is 1. The summed E-state index contributed by atoms with van der Waals surface area (Å²) in [5.74, 6) is -3.10. The van der Waals surface area contributed by atoms with Crippen LogP contribution >= 0.6 is 0 Å². The maximum atomic E-state index is 11.0. The van der Waals surface area contributed by atoms with Crippen molar-refractivity contribution in [3.05, 3.63) is 29.3 Å². The molecule has 0 heterocycles. The lowest BCUT2D eigenvalue weighted by molar-refractivity contribution is -0.114. The van der Waals surface area contributed by atoms with Crippen LogP contribution in [0.3, 0.4) is 0 Å². The SMILES string of the molecule is NCC(=O)Nc1cc(C(=O)O)cc(C(=O)O)c1. The zero-order valence-corrected chi connectivity index (χ0v) is 8.64. The van der Waals surface area contributed by atoms with Crippen LogP contribution in [0.15, 0.2) is 18.2 Å². The fraction of sp³-hybridized carbons (Fsp3) is 0.100. The summed E-state index contributed by atoms with van der Waals surface area (Å²) < 4.78 is 0. The molecule has 5 N–H and O–H groups in total. The van der Waals surface area contributed by atoms with Gasteiger partial charge in [-0.15, -0.1) is 0 Å². The van der Waals surface area contributed by atoms with Crippen molar-refractivity contribution in [1.29, 1.82) is 0 Å². The number of carbonyl (C=O) groups excluding carboxylic acids is 1. The molecule has 0 aromatic heterocycles. The Hall–Kier alpha value is -2.41. The van der Waals surface area contributed by atoms with E-state index in [4.69, 9.17) is 15.9 Å². The van der Waals surface area contributed by atoms with E-state index in [1.54, 1.807) is 0 Å². The predicted molar refractivity (Wildman–Crippen MR) is 58.0 cm³/mol. The number of amides is 1. The van der Waals surface area contributed by atoms with E-state index < -0.39 is 17.8 Å². The number of hydrogen-bond acceptors (Lipinski definition) is 4. The molecule has 0 atom stereocenters. The van der Waals surface area contributed by atoms with Gasteiger partial charge in [0.25, 0.3) is 0 Å². The summed E-state index contributed by atoms with van der Waals surface area (Å²) in [7, 11) is 0. The Balaban J connectivity index is 3.16. The Morgan fingerprint density at radius 1 is 1.06 bits per heavy atom. The molecule has 1 rings (SSSR count). The van der Waals surface area contributed by atoms with Crippen molar-refractivity contribution in [2.45, 2.75) is 0 Å². The largest absolute Gasteiger partial charge is 0.478 e. The van der Waals surface area contributed by atoms with Gasteiger partial charge < -0.3 is 21.3 Å². The number of carboxylic acid groups (broad SMARTS) is 2. The van der Waals surface area contributed by atoms with Gasteiger partial charge in [0.2, 0.25) is 5.91 Å². The fourth-order valence-corrected chi connectivity index (χ4v) is 1.16. The summed E-state index contributed by atoms with van der Waals surface area (Å²) in [6, 6.07) is 3.31. The minimum Gasteiger partial charge on any atom is -0.478 e. The normalized spacial score (nSPS) is 9.71. The summed E-state index contributed by atoms with van der Waals surface area (Å²) >= 11 is 0. The highest BCUT2D eigenvalue weighted by Crippen LogP contribution is 2.15. The van der Waals surface area contributed by atoms with E-state index in [1.807, 2.05) is 0 Å². The molecule has 0 saturated carbocycles. The smallest absolute Gasteiger partial charge is 0.335 e. The summed E-state index contributed by atoms with van der Waals surface area (Å²) in [6.07, 6.45) is 0. The minimum absolute atomic E-state index is 0.0813. The van der Waals surface area contributed by atoms with E-state index in [0.29, 0.717) is 0 Å². The Labute approximate surface area is 95.9 Å². The maximum Gasteiger partial charge on any atom is 0.335 e. The van der Waals surface area contributed by atoms with Crippen molar-refractivity contribution >= 4 is 23.5 Å². The molecule has 17 heavy (non-hydrogen) atoms. The van der Waals surface area contributed by atoms with Crippen LogP contribution in [-0.2, 0) is 4.79 Å². The molecule has 0 aliphatic rings. The van der Waals surface area contributed by atoms with E-state index in [-0.39, 0.29) is 23.4 Å². The minimum atomic E-state index is -1.28. The van der Waals surface area contributed by atoms with Crippen LogP contribution in [0.4, 0.5) is 5.69 Å². The number of carboxylic acids is 2. The summed E-state index contributed by atoms with van der Waals surface area (Å²) in [5, 5.41) is 19.8. The molecule has 1 aromatic carbocycles. The quantitative estimate of drug-likeness (QED) is 0.583. The zero-order valence-electron chi connectivity index (χ0n) is 8.64. The van der Waals surface area contributed by atoms with Gasteiger partial charge in [-0.25, -0.2) is 9.59 Å². The van der Waals surface area contributed by atoms with Crippen molar-refractivity contribution in [2.75, 3.05) is 11.9 Å². The van der Waals surface area contributed by atoms with Crippen LogP contribution in [0.2, 0.25) is 0 Å². The molecule has 0 saturated heterocycles. The lowest BCUT2D eigenvalue weighted by Gasteiger charge is -2.06. The Morgan fingerprint density at radius 2 is 1.53 bits per heavy atom. The molecule has 7 nitrogen and oxygen atoms in total. The van der Waals surface area contributed by atoms with E-state index >= 15 is 0 Å². The van der Waals surface area contributed by atoms with Crippen LogP contribution in [0.25, 0.3) is 0 Å². The van der Waals surface area contributed by atoms with Crippen molar-refractivity contribution in [1.82, 2.24) is 0 Å². The van der Waals surface area contributed by atoms with Gasteiger partial charge in [0.15, 0.2) is 0 Å². The molecule has 7 heteroatoms. The second-order valence-corrected chi connectivity index (χ2v) is 3.16. The first kappa shape index (κ1) is 12.7. The standard InChI is InChI=1S/C10H10N2O5/c11-4-8(13)12-7-2-5(9(14)15)1-6(3-7)10(16)17/h1-3H,4,11H2,(H,12,13)(H,14,15)(H,16,17). The van der Waals surface area contributed by atoms with E-state index in [1.165, 1.54) is 0 Å². The van der Waals surface area contributed by atoms with Gasteiger partial charge >= 0.3 is 11.9 Å². The molecule has 0 radical (unpaired) electrons. The molecule has 90 valence electrons. The van der Waals surface area contributed by atoms with Gasteiger partial charge in [-0.1, -0.05) is 0 Å². The molecule has 1 amide bonds. The van der Waals surface area contributed by atoms with Crippen molar-refractivity contribution in [2.24, 2.45) is 5.73 Å². The number of rotatable bonds is 4. The fourth-order valence-electron chi connectivity index (χ4n) is 1.16. The molecule has 0 unspecified atom stereocenters. The zero-order chi connectivity index (χ0) is 13.0. The molecule has 0 fully saturated rings. The third kappa shape index (κ3) is 3.28. The number of aromatic carboxylic acids is 2. The number of benzene rings is 1. The molecule has 0 aliphatic carbocycles. The Morgan fingerprint density at radius 3 is 1.88 bits per heavy atom. The third-order valence-corrected chi connectivity index (χ3v) is 1.90. The monoisotopic (exact) mass is 238 g/mol. The Bertz CT molecular complexity index is 451. The summed E-state index contributed by atoms with van der Waals surface area (Å²) in [5.41, 5.74) is 4.70. The number of anilines is 1. The van der Waals surface area contributed by atoms with Crippen LogP contribution in [0.5, 0.6) is 0 Å². The van der Waals surface area contributed by atoms with E-state index in [9.17, 15) is 14.4 Å². The number of nitrogens with one attached hydrogen (secondary N) is 1. The van der Waals surface area contributed by atoms with Crippen molar-refractivity contribution in [3.63, 3.8) is 0 Å². The summed E-state index contributed by atoms with van der Waals surface area (Å²) in [6.45, 7) is -0.278. The van der Waals surface area contributed by atoms with Gasteiger partial charge in [-0.05, 0) is 18.2 Å². The predicted octanol–water partition coefficient (Wildman–Crippen LogP) is -0.0198. The average molecular weight is 238 g/mol. The first-order valence-electron chi connectivity index (χ1n) is 4.55. The van der Waals surface area contributed by atoms with Gasteiger partial charge in [0.05, 0.1) is 17.7 Å². The molecular weight excluding hydrogens is 228 g/mol. The molecule has 0 spiro atoms. The van der Waals surface area contributed by atoms with Crippen molar-refractivity contribution < 1.29 is 24.6 Å². The molecule has 0 aliphatic heterocycles. The number of carbonyl (C=O) groups is 3. The highest BCUT2D eigenvalue weighted by Gasteiger charge is 2.12. The van der Waals surface area contributed by atoms with Crippen LogP contribution in [0.1, 0.15) is 20.7 Å². The molecule has 1 aromatic rings. The van der Waals surface area contributed by atoms with Gasteiger partial charge in [-0.2, -0.15) is 0 Å². The van der Waals surface area contributed by atoms with Gasteiger partial charge in [-0.3, -0.25) is 4.79 Å². The van der Waals surface area contributed by atoms with E-state index in [2.05, 4.69) is 5.32 Å². The topological polar surface area (TPSA) is 130 Å². The van der Waals surface area contributed by atoms with Crippen LogP contribution < -0.4 is 11.1 Å². The molecule has 0 bridgehead atoms.